The normalized spacial score (nSPS) is 27.0. The Hall–Kier alpha value is -1.30. The SMILES string of the molecule is O=C(O)C1CCCCCN1C(=O)NCCC1CCCCO1. The van der Waals surface area contributed by atoms with Gasteiger partial charge in [0.1, 0.15) is 6.04 Å². The van der Waals surface area contributed by atoms with E-state index in [1.807, 2.05) is 0 Å². The van der Waals surface area contributed by atoms with Crippen molar-refractivity contribution in [1.82, 2.24) is 10.2 Å². The number of nitrogens with zero attached hydrogens (tertiary/aromatic N) is 1. The molecule has 0 radical (unpaired) electrons. The fourth-order valence-electron chi connectivity index (χ4n) is 3.08. The molecule has 2 aliphatic rings. The number of carboxylic acid groups (broad SMARTS) is 1. The topological polar surface area (TPSA) is 78.9 Å². The Morgan fingerprint density at radius 2 is 1.95 bits per heavy atom. The minimum atomic E-state index is -0.900. The molecule has 0 aromatic carbocycles. The molecule has 0 aromatic heterocycles. The van der Waals surface area contributed by atoms with Crippen LogP contribution in [0.3, 0.4) is 0 Å². The third-order valence-corrected chi connectivity index (χ3v) is 4.32. The molecule has 0 spiro atoms. The molecule has 6 nitrogen and oxygen atoms in total. The molecule has 21 heavy (non-hydrogen) atoms. The first-order valence-corrected chi connectivity index (χ1v) is 8.07. The Kier molecular flexibility index (Phi) is 6.29. The second kappa shape index (κ2) is 8.22. The number of carbonyl (C=O) groups excluding carboxylic acids is 1. The van der Waals surface area contributed by atoms with E-state index in [0.717, 1.165) is 45.1 Å². The van der Waals surface area contributed by atoms with E-state index in [1.165, 1.54) is 11.3 Å². The number of hydrogen-bond donors (Lipinski definition) is 2. The molecule has 0 aromatic rings. The van der Waals surface area contributed by atoms with Gasteiger partial charge >= 0.3 is 12.0 Å². The van der Waals surface area contributed by atoms with E-state index in [2.05, 4.69) is 5.32 Å². The van der Waals surface area contributed by atoms with Crippen LogP contribution in [0.15, 0.2) is 0 Å². The Bertz CT molecular complexity index is 356. The first kappa shape index (κ1) is 16.1. The Balaban J connectivity index is 1.78. The van der Waals surface area contributed by atoms with Gasteiger partial charge in [0.2, 0.25) is 0 Å². The average molecular weight is 298 g/mol. The molecule has 120 valence electrons. The Labute approximate surface area is 125 Å². The highest BCUT2D eigenvalue weighted by Crippen LogP contribution is 2.18. The van der Waals surface area contributed by atoms with Crippen molar-refractivity contribution in [2.75, 3.05) is 19.7 Å². The number of carboxylic acids is 1. The van der Waals surface area contributed by atoms with Crippen LogP contribution in [0, 0.1) is 0 Å². The average Bonchev–Trinajstić information content (AvgIpc) is 2.74. The van der Waals surface area contributed by atoms with Crippen molar-refractivity contribution in [1.29, 1.82) is 0 Å². The van der Waals surface area contributed by atoms with E-state index >= 15 is 0 Å². The van der Waals surface area contributed by atoms with Gasteiger partial charge in [-0.3, -0.25) is 0 Å². The third kappa shape index (κ3) is 4.88. The van der Waals surface area contributed by atoms with Crippen LogP contribution in [-0.4, -0.2) is 53.8 Å². The van der Waals surface area contributed by atoms with Crippen LogP contribution in [0.2, 0.25) is 0 Å². The number of nitrogens with one attached hydrogen (secondary N) is 1. The minimum absolute atomic E-state index is 0.235. The summed E-state index contributed by atoms with van der Waals surface area (Å²) >= 11 is 0. The molecule has 2 atom stereocenters. The highest BCUT2D eigenvalue weighted by molar-refractivity contribution is 5.82. The molecule has 6 heteroatoms. The quantitative estimate of drug-likeness (QED) is 0.832. The van der Waals surface area contributed by atoms with Crippen molar-refractivity contribution in [2.24, 2.45) is 0 Å². The molecule has 2 saturated heterocycles. The first-order chi connectivity index (χ1) is 10.2. The van der Waals surface area contributed by atoms with E-state index in [9.17, 15) is 14.7 Å². The Morgan fingerprint density at radius 1 is 1.14 bits per heavy atom. The van der Waals surface area contributed by atoms with Crippen molar-refractivity contribution >= 4 is 12.0 Å². The molecule has 2 amide bonds. The van der Waals surface area contributed by atoms with Crippen molar-refractivity contribution in [3.63, 3.8) is 0 Å². The summed E-state index contributed by atoms with van der Waals surface area (Å²) in [5.74, 6) is -0.900. The van der Waals surface area contributed by atoms with E-state index in [-0.39, 0.29) is 12.1 Å². The number of rotatable bonds is 4. The van der Waals surface area contributed by atoms with Gasteiger partial charge in [0.15, 0.2) is 0 Å². The molecule has 2 unspecified atom stereocenters. The number of ether oxygens (including phenoxy) is 1. The number of hydrogen-bond acceptors (Lipinski definition) is 3. The van der Waals surface area contributed by atoms with Crippen molar-refractivity contribution < 1.29 is 19.4 Å². The van der Waals surface area contributed by atoms with Gasteiger partial charge in [0.05, 0.1) is 6.10 Å². The summed E-state index contributed by atoms with van der Waals surface area (Å²) in [6, 6.07) is -0.932. The van der Waals surface area contributed by atoms with Gasteiger partial charge in [-0.05, 0) is 38.5 Å². The number of amides is 2. The zero-order valence-corrected chi connectivity index (χ0v) is 12.6. The molecule has 0 saturated carbocycles. The molecule has 0 bridgehead atoms. The van der Waals surface area contributed by atoms with Crippen LogP contribution < -0.4 is 5.32 Å². The summed E-state index contributed by atoms with van der Waals surface area (Å²) in [5.41, 5.74) is 0. The second-order valence-corrected chi connectivity index (χ2v) is 5.91. The predicted molar refractivity (Wildman–Crippen MR) is 78.2 cm³/mol. The van der Waals surface area contributed by atoms with E-state index in [4.69, 9.17) is 4.74 Å². The maximum Gasteiger partial charge on any atom is 0.326 e. The number of aliphatic carboxylic acids is 1. The molecule has 2 N–H and O–H groups in total. The fraction of sp³-hybridized carbons (Fsp3) is 0.867. The molecular formula is C15H26N2O4. The summed E-state index contributed by atoms with van der Waals surface area (Å²) in [7, 11) is 0. The van der Waals surface area contributed by atoms with Crippen LogP contribution >= 0.6 is 0 Å². The van der Waals surface area contributed by atoms with Gasteiger partial charge < -0.3 is 20.1 Å². The van der Waals surface area contributed by atoms with Crippen LogP contribution in [0.1, 0.15) is 51.4 Å². The van der Waals surface area contributed by atoms with Crippen molar-refractivity contribution in [3.05, 3.63) is 0 Å². The maximum atomic E-state index is 12.2. The van der Waals surface area contributed by atoms with Gasteiger partial charge in [0, 0.05) is 19.7 Å². The van der Waals surface area contributed by atoms with E-state index in [0.29, 0.717) is 19.5 Å². The highest BCUT2D eigenvalue weighted by Gasteiger charge is 2.30. The summed E-state index contributed by atoms with van der Waals surface area (Å²) in [5, 5.41) is 12.1. The highest BCUT2D eigenvalue weighted by atomic mass is 16.5. The van der Waals surface area contributed by atoms with Crippen LogP contribution in [-0.2, 0) is 9.53 Å². The summed E-state index contributed by atoms with van der Waals surface area (Å²) in [4.78, 5) is 25.0. The predicted octanol–water partition coefficient (Wildman–Crippen LogP) is 1.98. The standard InChI is InChI=1S/C15H26N2O4/c18-14(19)13-7-2-1-4-10-17(13)15(20)16-9-8-12-6-3-5-11-21-12/h12-13H,1-11H2,(H,16,20)(H,18,19). The number of carbonyl (C=O) groups is 2. The van der Waals surface area contributed by atoms with Crippen LogP contribution in [0.4, 0.5) is 4.79 Å². The van der Waals surface area contributed by atoms with E-state index < -0.39 is 12.0 Å². The zero-order valence-electron chi connectivity index (χ0n) is 12.6. The molecule has 2 aliphatic heterocycles. The number of urea groups is 1. The number of likely N-dealkylation sites (tertiary alicyclic amines) is 1. The minimum Gasteiger partial charge on any atom is -0.480 e. The fourth-order valence-corrected chi connectivity index (χ4v) is 3.08. The third-order valence-electron chi connectivity index (χ3n) is 4.32. The lowest BCUT2D eigenvalue weighted by molar-refractivity contribution is -0.142. The zero-order chi connectivity index (χ0) is 15.1. The molecule has 0 aliphatic carbocycles. The summed E-state index contributed by atoms with van der Waals surface area (Å²) in [6.07, 6.45) is 7.69. The van der Waals surface area contributed by atoms with Crippen molar-refractivity contribution in [3.8, 4) is 0 Å². The first-order valence-electron chi connectivity index (χ1n) is 8.07. The lowest BCUT2D eigenvalue weighted by atomic mass is 10.1. The van der Waals surface area contributed by atoms with Crippen LogP contribution in [0.5, 0.6) is 0 Å². The van der Waals surface area contributed by atoms with Crippen molar-refractivity contribution in [2.45, 2.75) is 63.5 Å². The van der Waals surface area contributed by atoms with Crippen LogP contribution in [0.25, 0.3) is 0 Å². The van der Waals surface area contributed by atoms with Gasteiger partial charge in [0.25, 0.3) is 0 Å². The van der Waals surface area contributed by atoms with E-state index in [1.54, 1.807) is 0 Å². The van der Waals surface area contributed by atoms with Gasteiger partial charge in [-0.15, -0.1) is 0 Å². The lowest BCUT2D eigenvalue weighted by Crippen LogP contribution is -2.49. The lowest BCUT2D eigenvalue weighted by Gasteiger charge is -2.28. The second-order valence-electron chi connectivity index (χ2n) is 5.91. The molecular weight excluding hydrogens is 272 g/mol. The molecule has 2 rings (SSSR count). The monoisotopic (exact) mass is 298 g/mol. The summed E-state index contributed by atoms with van der Waals surface area (Å²) in [6.45, 7) is 1.89. The van der Waals surface area contributed by atoms with Gasteiger partial charge in [-0.2, -0.15) is 0 Å². The molecule has 2 fully saturated rings. The van der Waals surface area contributed by atoms with Gasteiger partial charge in [-0.25, -0.2) is 9.59 Å². The largest absolute Gasteiger partial charge is 0.480 e. The maximum absolute atomic E-state index is 12.2. The summed E-state index contributed by atoms with van der Waals surface area (Å²) < 4.78 is 5.63. The molecule has 2 heterocycles. The smallest absolute Gasteiger partial charge is 0.326 e. The van der Waals surface area contributed by atoms with Gasteiger partial charge in [-0.1, -0.05) is 12.8 Å². The Morgan fingerprint density at radius 3 is 2.67 bits per heavy atom.